The third-order valence-corrected chi connectivity index (χ3v) is 4.52. The standard InChI is InChI=1S/C14H17BrN2O/c1-7-6-11(17-16-7)12-10(4)13(15)8(2)9(3)14(12)18-5/h6H,1-5H3,(H,16,17). The number of hydrogen-bond donors (Lipinski definition) is 1. The molecule has 18 heavy (non-hydrogen) atoms. The maximum absolute atomic E-state index is 5.58. The van der Waals surface area contributed by atoms with Crippen molar-refractivity contribution >= 4 is 15.9 Å². The molecule has 0 spiro atoms. The normalized spacial score (nSPS) is 10.8. The van der Waals surface area contributed by atoms with Gasteiger partial charge >= 0.3 is 0 Å². The van der Waals surface area contributed by atoms with Crippen molar-refractivity contribution in [2.24, 2.45) is 0 Å². The summed E-state index contributed by atoms with van der Waals surface area (Å²) in [6, 6.07) is 2.03. The molecule has 0 saturated carbocycles. The predicted molar refractivity (Wildman–Crippen MR) is 77.2 cm³/mol. The molecule has 0 amide bonds. The van der Waals surface area contributed by atoms with E-state index in [2.05, 4.69) is 46.9 Å². The first-order chi connectivity index (χ1) is 8.47. The topological polar surface area (TPSA) is 37.9 Å². The summed E-state index contributed by atoms with van der Waals surface area (Å²) in [7, 11) is 1.71. The summed E-state index contributed by atoms with van der Waals surface area (Å²) in [5, 5.41) is 7.32. The van der Waals surface area contributed by atoms with Crippen molar-refractivity contribution in [2.75, 3.05) is 7.11 Å². The van der Waals surface area contributed by atoms with E-state index in [9.17, 15) is 0 Å². The highest BCUT2D eigenvalue weighted by Crippen LogP contribution is 2.41. The van der Waals surface area contributed by atoms with Crippen LogP contribution in [0.1, 0.15) is 22.4 Å². The maximum Gasteiger partial charge on any atom is 0.131 e. The van der Waals surface area contributed by atoms with Crippen molar-refractivity contribution < 1.29 is 4.74 Å². The number of hydrogen-bond acceptors (Lipinski definition) is 2. The summed E-state index contributed by atoms with van der Waals surface area (Å²) in [5.41, 5.74) is 6.52. The lowest BCUT2D eigenvalue weighted by atomic mass is 9.97. The number of H-pyrrole nitrogens is 1. The van der Waals surface area contributed by atoms with Gasteiger partial charge in [-0.25, -0.2) is 0 Å². The van der Waals surface area contributed by atoms with Crippen molar-refractivity contribution in [1.82, 2.24) is 10.2 Å². The quantitative estimate of drug-likeness (QED) is 0.907. The molecule has 0 fully saturated rings. The van der Waals surface area contributed by atoms with E-state index in [4.69, 9.17) is 4.74 Å². The highest BCUT2D eigenvalue weighted by Gasteiger charge is 2.19. The summed E-state index contributed by atoms with van der Waals surface area (Å²) >= 11 is 3.65. The van der Waals surface area contributed by atoms with E-state index in [1.807, 2.05) is 13.0 Å². The first kappa shape index (κ1) is 13.1. The van der Waals surface area contributed by atoms with E-state index in [1.165, 1.54) is 5.56 Å². The van der Waals surface area contributed by atoms with Gasteiger partial charge in [0.25, 0.3) is 0 Å². The molecule has 0 saturated heterocycles. The van der Waals surface area contributed by atoms with Gasteiger partial charge in [0.1, 0.15) is 5.75 Å². The number of aromatic nitrogens is 2. The van der Waals surface area contributed by atoms with Gasteiger partial charge in [0.2, 0.25) is 0 Å². The molecule has 3 nitrogen and oxygen atoms in total. The zero-order valence-corrected chi connectivity index (χ0v) is 12.9. The zero-order chi connectivity index (χ0) is 13.4. The van der Waals surface area contributed by atoms with Crippen LogP contribution in [0, 0.1) is 27.7 Å². The van der Waals surface area contributed by atoms with Crippen LogP contribution in [0.3, 0.4) is 0 Å². The molecule has 2 aromatic rings. The second kappa shape index (κ2) is 4.76. The summed E-state index contributed by atoms with van der Waals surface area (Å²) in [5.74, 6) is 0.902. The Kier molecular flexibility index (Phi) is 3.48. The Bertz CT molecular complexity index is 602. The average molecular weight is 309 g/mol. The lowest BCUT2D eigenvalue weighted by Crippen LogP contribution is -1.99. The summed E-state index contributed by atoms with van der Waals surface area (Å²) in [6.45, 7) is 8.24. The van der Waals surface area contributed by atoms with E-state index in [1.54, 1.807) is 7.11 Å². The predicted octanol–water partition coefficient (Wildman–Crippen LogP) is 4.08. The fourth-order valence-corrected chi connectivity index (χ4v) is 2.69. The molecule has 0 aliphatic heterocycles. The Morgan fingerprint density at radius 3 is 2.28 bits per heavy atom. The average Bonchev–Trinajstić information content (AvgIpc) is 2.77. The Balaban J connectivity index is 2.81. The Labute approximate surface area is 116 Å². The molecule has 2 rings (SSSR count). The molecule has 1 N–H and O–H groups in total. The molecular weight excluding hydrogens is 292 g/mol. The molecule has 0 radical (unpaired) electrons. The van der Waals surface area contributed by atoms with Gasteiger partial charge in [-0.2, -0.15) is 5.10 Å². The number of methoxy groups -OCH3 is 1. The van der Waals surface area contributed by atoms with Crippen LogP contribution in [-0.2, 0) is 0 Å². The summed E-state index contributed by atoms with van der Waals surface area (Å²) in [6.07, 6.45) is 0. The number of aromatic amines is 1. The van der Waals surface area contributed by atoms with Crippen LogP contribution in [0.15, 0.2) is 10.5 Å². The number of halogens is 1. The lowest BCUT2D eigenvalue weighted by Gasteiger charge is -2.17. The summed E-state index contributed by atoms with van der Waals surface area (Å²) in [4.78, 5) is 0. The lowest BCUT2D eigenvalue weighted by molar-refractivity contribution is 0.412. The molecule has 4 heteroatoms. The van der Waals surface area contributed by atoms with Gasteiger partial charge in [-0.05, 0) is 50.5 Å². The minimum Gasteiger partial charge on any atom is -0.496 e. The third kappa shape index (κ3) is 1.94. The van der Waals surface area contributed by atoms with Crippen LogP contribution >= 0.6 is 15.9 Å². The number of aryl methyl sites for hydroxylation is 1. The van der Waals surface area contributed by atoms with Gasteiger partial charge in [-0.1, -0.05) is 15.9 Å². The molecule has 0 bridgehead atoms. The minimum absolute atomic E-state index is 0.902. The van der Waals surface area contributed by atoms with Gasteiger partial charge in [-0.15, -0.1) is 0 Å². The Morgan fingerprint density at radius 1 is 1.11 bits per heavy atom. The van der Waals surface area contributed by atoms with Crippen molar-refractivity contribution in [3.05, 3.63) is 32.9 Å². The monoisotopic (exact) mass is 308 g/mol. The Morgan fingerprint density at radius 2 is 1.78 bits per heavy atom. The van der Waals surface area contributed by atoms with Gasteiger partial charge in [0.15, 0.2) is 0 Å². The largest absolute Gasteiger partial charge is 0.496 e. The number of nitrogens with one attached hydrogen (secondary N) is 1. The maximum atomic E-state index is 5.58. The van der Waals surface area contributed by atoms with Crippen LogP contribution in [0.25, 0.3) is 11.3 Å². The van der Waals surface area contributed by atoms with E-state index in [0.717, 1.165) is 38.3 Å². The van der Waals surface area contributed by atoms with Gasteiger partial charge in [0.05, 0.1) is 12.8 Å². The molecule has 1 aromatic heterocycles. The zero-order valence-electron chi connectivity index (χ0n) is 11.3. The fraction of sp³-hybridized carbons (Fsp3) is 0.357. The van der Waals surface area contributed by atoms with Crippen LogP contribution in [0.2, 0.25) is 0 Å². The second-order valence-corrected chi connectivity index (χ2v) is 5.33. The second-order valence-electron chi connectivity index (χ2n) is 4.53. The minimum atomic E-state index is 0.902. The van der Waals surface area contributed by atoms with Crippen LogP contribution in [0.5, 0.6) is 5.75 Å². The molecular formula is C14H17BrN2O. The van der Waals surface area contributed by atoms with Gasteiger partial charge in [-0.3, -0.25) is 5.10 Å². The molecule has 1 heterocycles. The Hall–Kier alpha value is -1.29. The first-order valence-electron chi connectivity index (χ1n) is 5.83. The molecule has 0 unspecified atom stereocenters. The van der Waals surface area contributed by atoms with Crippen molar-refractivity contribution in [3.8, 4) is 17.0 Å². The third-order valence-electron chi connectivity index (χ3n) is 3.33. The number of benzene rings is 1. The number of nitrogens with zero attached hydrogens (tertiary/aromatic N) is 1. The van der Waals surface area contributed by atoms with Crippen LogP contribution in [0.4, 0.5) is 0 Å². The smallest absolute Gasteiger partial charge is 0.131 e. The van der Waals surface area contributed by atoms with E-state index < -0.39 is 0 Å². The summed E-state index contributed by atoms with van der Waals surface area (Å²) < 4.78 is 6.70. The van der Waals surface area contributed by atoms with E-state index >= 15 is 0 Å². The molecule has 0 atom stereocenters. The van der Waals surface area contributed by atoms with Gasteiger partial charge in [0, 0.05) is 15.7 Å². The SMILES string of the molecule is COc1c(C)c(C)c(Br)c(C)c1-c1cc(C)[nH]n1. The number of rotatable bonds is 2. The van der Waals surface area contributed by atoms with E-state index in [0.29, 0.717) is 0 Å². The van der Waals surface area contributed by atoms with Gasteiger partial charge < -0.3 is 4.74 Å². The molecule has 96 valence electrons. The number of ether oxygens (including phenoxy) is 1. The van der Waals surface area contributed by atoms with Crippen molar-refractivity contribution in [2.45, 2.75) is 27.7 Å². The van der Waals surface area contributed by atoms with Crippen molar-refractivity contribution in [1.29, 1.82) is 0 Å². The van der Waals surface area contributed by atoms with Crippen molar-refractivity contribution in [3.63, 3.8) is 0 Å². The fourth-order valence-electron chi connectivity index (χ4n) is 2.19. The van der Waals surface area contributed by atoms with Crippen LogP contribution < -0.4 is 4.74 Å². The highest BCUT2D eigenvalue weighted by atomic mass is 79.9. The first-order valence-corrected chi connectivity index (χ1v) is 6.62. The van der Waals surface area contributed by atoms with E-state index in [-0.39, 0.29) is 0 Å². The highest BCUT2D eigenvalue weighted by molar-refractivity contribution is 9.10. The van der Waals surface area contributed by atoms with Crippen LogP contribution in [-0.4, -0.2) is 17.3 Å². The molecule has 0 aliphatic carbocycles. The molecule has 0 aliphatic rings. The molecule has 1 aromatic carbocycles.